The number of carboxylic acid groups (broad SMARTS) is 1. The Kier molecular flexibility index (Phi) is 5.16. The maximum Gasteiger partial charge on any atom is 0.347 e. The van der Waals surface area contributed by atoms with Gasteiger partial charge in [-0.2, -0.15) is 0 Å². The molecule has 0 saturated heterocycles. The Bertz CT molecular complexity index is 479. The van der Waals surface area contributed by atoms with E-state index in [-0.39, 0.29) is 11.4 Å². The van der Waals surface area contributed by atoms with Crippen molar-refractivity contribution < 1.29 is 23.5 Å². The number of alkyl halides is 2. The molecule has 0 aliphatic carbocycles. The van der Waals surface area contributed by atoms with E-state index >= 15 is 0 Å². The molecule has 0 aliphatic rings. The van der Waals surface area contributed by atoms with E-state index in [9.17, 15) is 18.4 Å². The SMILES string of the molecule is Cc1nc(CNC(=O)N(C)CC(F)F)sc1C(=O)O. The zero-order valence-electron chi connectivity index (χ0n) is 10.3. The fraction of sp³-hybridized carbons (Fsp3) is 0.500. The van der Waals surface area contributed by atoms with Crippen molar-refractivity contribution in [3.8, 4) is 0 Å². The molecule has 1 heterocycles. The number of carboxylic acids is 1. The number of amides is 2. The smallest absolute Gasteiger partial charge is 0.347 e. The number of aromatic carboxylic acids is 1. The van der Waals surface area contributed by atoms with Gasteiger partial charge >= 0.3 is 12.0 Å². The summed E-state index contributed by atoms with van der Waals surface area (Å²) in [5.41, 5.74) is 0.364. The molecule has 0 unspecified atom stereocenters. The lowest BCUT2D eigenvalue weighted by atomic mass is 10.4. The summed E-state index contributed by atoms with van der Waals surface area (Å²) >= 11 is 0.943. The van der Waals surface area contributed by atoms with Crippen LogP contribution < -0.4 is 5.32 Å². The van der Waals surface area contributed by atoms with Crippen molar-refractivity contribution >= 4 is 23.3 Å². The van der Waals surface area contributed by atoms with Gasteiger partial charge in [-0.1, -0.05) is 0 Å². The number of hydrogen-bond donors (Lipinski definition) is 2. The fourth-order valence-electron chi connectivity index (χ4n) is 1.30. The molecule has 2 N–H and O–H groups in total. The molecule has 0 saturated carbocycles. The van der Waals surface area contributed by atoms with Gasteiger partial charge in [-0.25, -0.2) is 23.4 Å². The van der Waals surface area contributed by atoms with Crippen LogP contribution in [0.2, 0.25) is 0 Å². The second kappa shape index (κ2) is 6.41. The lowest BCUT2D eigenvalue weighted by molar-refractivity contribution is 0.0701. The number of rotatable bonds is 5. The van der Waals surface area contributed by atoms with Gasteiger partial charge in [0, 0.05) is 7.05 Å². The maximum absolute atomic E-state index is 12.1. The third kappa shape index (κ3) is 4.43. The van der Waals surface area contributed by atoms with Crippen molar-refractivity contribution in [1.29, 1.82) is 0 Å². The highest BCUT2D eigenvalue weighted by Crippen LogP contribution is 2.17. The van der Waals surface area contributed by atoms with Gasteiger partial charge in [-0.15, -0.1) is 11.3 Å². The maximum atomic E-state index is 12.1. The molecule has 6 nitrogen and oxygen atoms in total. The predicted octanol–water partition coefficient (Wildman–Crippen LogP) is 1.56. The molecule has 9 heteroatoms. The summed E-state index contributed by atoms with van der Waals surface area (Å²) in [6, 6.07) is -0.662. The highest BCUT2D eigenvalue weighted by Gasteiger charge is 2.16. The average molecular weight is 293 g/mol. The van der Waals surface area contributed by atoms with E-state index in [0.29, 0.717) is 10.7 Å². The Morgan fingerprint density at radius 3 is 2.63 bits per heavy atom. The number of aryl methyl sites for hydroxylation is 1. The number of aromatic nitrogens is 1. The van der Waals surface area contributed by atoms with Gasteiger partial charge in [0.1, 0.15) is 9.88 Å². The minimum atomic E-state index is -2.60. The molecule has 1 rings (SSSR count). The second-order valence-electron chi connectivity index (χ2n) is 3.76. The van der Waals surface area contributed by atoms with Gasteiger partial charge in [-0.05, 0) is 6.92 Å². The lowest BCUT2D eigenvalue weighted by Crippen LogP contribution is -2.39. The van der Waals surface area contributed by atoms with Crippen LogP contribution in [0.15, 0.2) is 0 Å². The molecule has 0 atom stereocenters. The summed E-state index contributed by atoms with van der Waals surface area (Å²) in [5, 5.41) is 11.6. The van der Waals surface area contributed by atoms with Crippen molar-refractivity contribution in [2.45, 2.75) is 19.9 Å². The van der Waals surface area contributed by atoms with E-state index < -0.39 is 25.0 Å². The van der Waals surface area contributed by atoms with Gasteiger partial charge in [0.25, 0.3) is 6.43 Å². The summed E-state index contributed by atoms with van der Waals surface area (Å²) in [4.78, 5) is 27.1. The number of nitrogens with zero attached hydrogens (tertiary/aromatic N) is 2. The van der Waals surface area contributed by atoms with E-state index in [4.69, 9.17) is 5.11 Å². The van der Waals surface area contributed by atoms with E-state index in [1.54, 1.807) is 6.92 Å². The van der Waals surface area contributed by atoms with Crippen LogP contribution in [0.25, 0.3) is 0 Å². The van der Waals surface area contributed by atoms with Crippen LogP contribution in [0.3, 0.4) is 0 Å². The minimum absolute atomic E-state index is 0.00516. The Hall–Kier alpha value is -1.77. The van der Waals surface area contributed by atoms with Gasteiger partial charge in [0.2, 0.25) is 0 Å². The molecule has 106 valence electrons. The van der Waals surface area contributed by atoms with E-state index in [0.717, 1.165) is 16.2 Å². The lowest BCUT2D eigenvalue weighted by Gasteiger charge is -2.16. The monoisotopic (exact) mass is 293 g/mol. The van der Waals surface area contributed by atoms with Gasteiger partial charge in [0.05, 0.1) is 18.8 Å². The van der Waals surface area contributed by atoms with Crippen LogP contribution in [0.4, 0.5) is 13.6 Å². The first-order chi connectivity index (χ1) is 8.81. The van der Waals surface area contributed by atoms with Crippen molar-refractivity contribution in [2.75, 3.05) is 13.6 Å². The normalized spacial score (nSPS) is 10.6. The molecule has 0 spiro atoms. The van der Waals surface area contributed by atoms with E-state index in [1.807, 2.05) is 0 Å². The van der Waals surface area contributed by atoms with Crippen LogP contribution in [-0.4, -0.2) is 47.0 Å². The number of nitrogens with one attached hydrogen (secondary N) is 1. The standard InChI is InChI=1S/C10H13F2N3O3S/c1-5-8(9(16)17)19-7(14-5)3-13-10(18)15(2)4-6(11)12/h6H,3-4H2,1-2H3,(H,13,18)(H,16,17). The zero-order chi connectivity index (χ0) is 14.6. The third-order valence-electron chi connectivity index (χ3n) is 2.18. The largest absolute Gasteiger partial charge is 0.477 e. The Morgan fingerprint density at radius 2 is 2.16 bits per heavy atom. The van der Waals surface area contributed by atoms with Crippen LogP contribution in [0, 0.1) is 6.92 Å². The van der Waals surface area contributed by atoms with Crippen LogP contribution in [-0.2, 0) is 6.54 Å². The van der Waals surface area contributed by atoms with Gasteiger partial charge in [0.15, 0.2) is 0 Å². The Morgan fingerprint density at radius 1 is 1.53 bits per heavy atom. The number of carbonyl (C=O) groups is 2. The molecule has 0 fully saturated rings. The first kappa shape index (κ1) is 15.3. The van der Waals surface area contributed by atoms with Crippen LogP contribution >= 0.6 is 11.3 Å². The fourth-order valence-corrected chi connectivity index (χ4v) is 2.15. The Balaban J connectivity index is 2.55. The van der Waals surface area contributed by atoms with E-state index in [1.165, 1.54) is 7.05 Å². The highest BCUT2D eigenvalue weighted by atomic mass is 32.1. The summed E-state index contributed by atoms with van der Waals surface area (Å²) < 4.78 is 24.1. The first-order valence-electron chi connectivity index (χ1n) is 5.28. The molecule has 2 amide bonds. The second-order valence-corrected chi connectivity index (χ2v) is 4.84. The molecule has 0 radical (unpaired) electrons. The third-order valence-corrected chi connectivity index (χ3v) is 3.33. The average Bonchev–Trinajstić information content (AvgIpc) is 2.66. The summed E-state index contributed by atoms with van der Waals surface area (Å²) in [7, 11) is 1.25. The number of urea groups is 1. The molecule has 0 bridgehead atoms. The number of carbonyl (C=O) groups excluding carboxylic acids is 1. The summed E-state index contributed by atoms with van der Waals surface area (Å²) in [6.45, 7) is 0.891. The van der Waals surface area contributed by atoms with Gasteiger partial charge in [-0.3, -0.25) is 0 Å². The minimum Gasteiger partial charge on any atom is -0.477 e. The number of thiazole rings is 1. The molecule has 1 aromatic rings. The quantitative estimate of drug-likeness (QED) is 0.863. The molecule has 19 heavy (non-hydrogen) atoms. The molecule has 0 aliphatic heterocycles. The van der Waals surface area contributed by atoms with E-state index in [2.05, 4.69) is 10.3 Å². The first-order valence-corrected chi connectivity index (χ1v) is 6.09. The predicted molar refractivity (Wildman–Crippen MR) is 64.7 cm³/mol. The highest BCUT2D eigenvalue weighted by molar-refractivity contribution is 7.13. The van der Waals surface area contributed by atoms with Crippen molar-refractivity contribution in [1.82, 2.24) is 15.2 Å². The Labute approximate surface area is 112 Å². The van der Waals surface area contributed by atoms with Crippen molar-refractivity contribution in [3.05, 3.63) is 15.6 Å². The van der Waals surface area contributed by atoms with Crippen LogP contribution in [0.5, 0.6) is 0 Å². The number of halogens is 2. The zero-order valence-corrected chi connectivity index (χ0v) is 11.1. The van der Waals surface area contributed by atoms with Gasteiger partial charge < -0.3 is 15.3 Å². The molecule has 1 aromatic heterocycles. The molecular formula is C10H13F2N3O3S. The molecular weight excluding hydrogens is 280 g/mol. The summed E-state index contributed by atoms with van der Waals surface area (Å²) in [6.07, 6.45) is -2.60. The number of hydrogen-bond acceptors (Lipinski definition) is 4. The van der Waals surface area contributed by atoms with Crippen molar-refractivity contribution in [3.63, 3.8) is 0 Å². The topological polar surface area (TPSA) is 82.5 Å². The van der Waals surface area contributed by atoms with Crippen LogP contribution in [0.1, 0.15) is 20.4 Å². The van der Waals surface area contributed by atoms with Crippen molar-refractivity contribution in [2.24, 2.45) is 0 Å². The summed E-state index contributed by atoms with van der Waals surface area (Å²) in [5.74, 6) is -1.08. The molecule has 0 aromatic carbocycles.